The largest absolute Gasteiger partial charge is 0.368 e. The van der Waals surface area contributed by atoms with Gasteiger partial charge in [0.25, 0.3) is 0 Å². The molecule has 3 N–H and O–H groups in total. The summed E-state index contributed by atoms with van der Waals surface area (Å²) in [6, 6.07) is 3.78. The molecular formula is C14H21N3O2S. The number of thiophene rings is 1. The predicted molar refractivity (Wildman–Crippen MR) is 79.4 cm³/mol. The van der Waals surface area contributed by atoms with Crippen molar-refractivity contribution in [1.82, 2.24) is 10.2 Å². The van der Waals surface area contributed by atoms with E-state index in [2.05, 4.69) is 11.4 Å². The molecule has 2 heterocycles. The lowest BCUT2D eigenvalue weighted by Gasteiger charge is -2.32. The summed E-state index contributed by atoms with van der Waals surface area (Å²) in [5, 5.41) is 4.93. The van der Waals surface area contributed by atoms with Crippen LogP contribution < -0.4 is 11.1 Å². The first-order chi connectivity index (χ1) is 9.66. The van der Waals surface area contributed by atoms with Crippen molar-refractivity contribution in [3.05, 3.63) is 22.4 Å². The summed E-state index contributed by atoms with van der Waals surface area (Å²) in [4.78, 5) is 26.4. The number of nitrogens with zero attached hydrogens (tertiary/aromatic N) is 1. The first-order valence-electron chi connectivity index (χ1n) is 6.99. The van der Waals surface area contributed by atoms with Crippen LogP contribution in [0.5, 0.6) is 0 Å². The summed E-state index contributed by atoms with van der Waals surface area (Å²) in [5.41, 5.74) is 5.39. The number of rotatable bonds is 6. The Morgan fingerprint density at radius 2 is 2.30 bits per heavy atom. The Bertz CT molecular complexity index is 447. The molecule has 0 spiro atoms. The lowest BCUT2D eigenvalue weighted by atomic mass is 10.0. The predicted octanol–water partition coefficient (Wildman–Crippen LogP) is 0.747. The van der Waals surface area contributed by atoms with E-state index in [4.69, 9.17) is 5.73 Å². The maximum Gasteiger partial charge on any atom is 0.234 e. The molecule has 1 unspecified atom stereocenters. The molecular weight excluding hydrogens is 274 g/mol. The topological polar surface area (TPSA) is 75.4 Å². The highest BCUT2D eigenvalue weighted by Gasteiger charge is 2.27. The quantitative estimate of drug-likeness (QED) is 0.813. The molecule has 1 aromatic heterocycles. The van der Waals surface area contributed by atoms with Crippen molar-refractivity contribution in [2.24, 2.45) is 5.73 Å². The average molecular weight is 295 g/mol. The maximum atomic E-state index is 11.9. The van der Waals surface area contributed by atoms with E-state index < -0.39 is 0 Å². The van der Waals surface area contributed by atoms with Gasteiger partial charge in [-0.25, -0.2) is 0 Å². The second-order valence-corrected chi connectivity index (χ2v) is 6.10. The van der Waals surface area contributed by atoms with Gasteiger partial charge in [0.1, 0.15) is 0 Å². The smallest absolute Gasteiger partial charge is 0.234 e. The first kappa shape index (κ1) is 15.0. The summed E-state index contributed by atoms with van der Waals surface area (Å²) in [6.07, 6.45) is 3.64. The monoisotopic (exact) mass is 295 g/mol. The van der Waals surface area contributed by atoms with Crippen molar-refractivity contribution in [3.8, 4) is 0 Å². The van der Waals surface area contributed by atoms with Crippen molar-refractivity contribution >= 4 is 23.2 Å². The number of carbonyl (C=O) groups excluding carboxylic acids is 2. The number of nitrogens with one attached hydrogen (secondary N) is 1. The Labute approximate surface area is 123 Å². The Morgan fingerprint density at radius 1 is 1.45 bits per heavy atom. The third kappa shape index (κ3) is 4.31. The third-order valence-corrected chi connectivity index (χ3v) is 4.50. The van der Waals surface area contributed by atoms with Crippen LogP contribution in [0.25, 0.3) is 0 Å². The second-order valence-electron chi connectivity index (χ2n) is 5.06. The van der Waals surface area contributed by atoms with Crippen LogP contribution in [-0.2, 0) is 16.0 Å². The zero-order chi connectivity index (χ0) is 14.4. The van der Waals surface area contributed by atoms with Gasteiger partial charge in [-0.1, -0.05) is 12.5 Å². The zero-order valence-corrected chi connectivity index (χ0v) is 12.3. The van der Waals surface area contributed by atoms with Crippen LogP contribution >= 0.6 is 11.3 Å². The standard InChI is InChI=1S/C14H21N3O2S/c15-14(19)12-5-1-2-8-17(12)10-13(18)16-7-6-11-4-3-9-20-11/h3-4,9,12H,1-2,5-8,10H2,(H2,15,19)(H,16,18). The molecule has 0 saturated carbocycles. The Kier molecular flexibility index (Phi) is 5.55. The number of hydrogen-bond donors (Lipinski definition) is 2. The van der Waals surface area contributed by atoms with E-state index in [0.717, 1.165) is 32.2 Å². The molecule has 1 atom stereocenters. The van der Waals surface area contributed by atoms with Gasteiger partial charge in [-0.15, -0.1) is 11.3 Å². The highest BCUT2D eigenvalue weighted by Crippen LogP contribution is 2.16. The van der Waals surface area contributed by atoms with Gasteiger partial charge in [0, 0.05) is 11.4 Å². The van der Waals surface area contributed by atoms with Gasteiger partial charge < -0.3 is 11.1 Å². The highest BCUT2D eigenvalue weighted by molar-refractivity contribution is 7.09. The number of likely N-dealkylation sites (tertiary alicyclic amines) is 1. The van der Waals surface area contributed by atoms with Crippen molar-refractivity contribution in [2.45, 2.75) is 31.7 Å². The minimum absolute atomic E-state index is 0.0327. The molecule has 2 amide bonds. The van der Waals surface area contributed by atoms with E-state index >= 15 is 0 Å². The number of primary amides is 1. The third-order valence-electron chi connectivity index (χ3n) is 3.56. The molecule has 1 aromatic rings. The van der Waals surface area contributed by atoms with Gasteiger partial charge in [-0.3, -0.25) is 14.5 Å². The van der Waals surface area contributed by atoms with Crippen LogP contribution in [0.2, 0.25) is 0 Å². The van der Waals surface area contributed by atoms with Crippen molar-refractivity contribution in [1.29, 1.82) is 0 Å². The van der Waals surface area contributed by atoms with E-state index in [1.54, 1.807) is 11.3 Å². The van der Waals surface area contributed by atoms with Gasteiger partial charge in [0.15, 0.2) is 0 Å². The molecule has 1 fully saturated rings. The molecule has 20 heavy (non-hydrogen) atoms. The Morgan fingerprint density at radius 3 is 3.00 bits per heavy atom. The molecule has 5 nitrogen and oxygen atoms in total. The van der Waals surface area contributed by atoms with E-state index in [9.17, 15) is 9.59 Å². The summed E-state index contributed by atoms with van der Waals surface area (Å²) in [6.45, 7) is 1.67. The molecule has 0 aliphatic carbocycles. The summed E-state index contributed by atoms with van der Waals surface area (Å²) in [7, 11) is 0. The van der Waals surface area contributed by atoms with Crippen LogP contribution in [0.3, 0.4) is 0 Å². The van der Waals surface area contributed by atoms with Crippen LogP contribution in [0.15, 0.2) is 17.5 Å². The Hall–Kier alpha value is -1.40. The molecule has 0 bridgehead atoms. The number of carbonyl (C=O) groups is 2. The molecule has 1 aliphatic rings. The fraction of sp³-hybridized carbons (Fsp3) is 0.571. The van der Waals surface area contributed by atoms with Crippen molar-refractivity contribution in [2.75, 3.05) is 19.6 Å². The average Bonchev–Trinajstić information content (AvgIpc) is 2.92. The van der Waals surface area contributed by atoms with Gasteiger partial charge in [-0.05, 0) is 37.3 Å². The van der Waals surface area contributed by atoms with E-state index in [1.807, 2.05) is 16.3 Å². The fourth-order valence-corrected chi connectivity index (χ4v) is 3.23. The normalized spacial score (nSPS) is 19.7. The number of nitrogens with two attached hydrogens (primary N) is 1. The minimum atomic E-state index is -0.323. The van der Waals surface area contributed by atoms with Crippen LogP contribution in [-0.4, -0.2) is 42.4 Å². The van der Waals surface area contributed by atoms with Gasteiger partial charge in [0.2, 0.25) is 11.8 Å². The van der Waals surface area contributed by atoms with Gasteiger partial charge >= 0.3 is 0 Å². The summed E-state index contributed by atoms with van der Waals surface area (Å²) in [5.74, 6) is -0.356. The Balaban J connectivity index is 1.73. The number of piperidine rings is 1. The lowest BCUT2D eigenvalue weighted by Crippen LogP contribution is -2.51. The SMILES string of the molecule is NC(=O)C1CCCCN1CC(=O)NCCc1cccs1. The molecule has 110 valence electrons. The van der Waals surface area contributed by atoms with E-state index in [-0.39, 0.29) is 24.4 Å². The number of amides is 2. The number of hydrogen-bond acceptors (Lipinski definition) is 4. The molecule has 0 radical (unpaired) electrons. The lowest BCUT2D eigenvalue weighted by molar-refractivity contribution is -0.128. The van der Waals surface area contributed by atoms with E-state index in [0.29, 0.717) is 6.54 Å². The van der Waals surface area contributed by atoms with E-state index in [1.165, 1.54) is 4.88 Å². The molecule has 2 rings (SSSR count). The summed E-state index contributed by atoms with van der Waals surface area (Å²) >= 11 is 1.69. The summed E-state index contributed by atoms with van der Waals surface area (Å²) < 4.78 is 0. The first-order valence-corrected chi connectivity index (χ1v) is 7.87. The van der Waals surface area contributed by atoms with Crippen molar-refractivity contribution in [3.63, 3.8) is 0 Å². The maximum absolute atomic E-state index is 11.9. The molecule has 1 aliphatic heterocycles. The highest BCUT2D eigenvalue weighted by atomic mass is 32.1. The van der Waals surface area contributed by atoms with Crippen LogP contribution in [0, 0.1) is 0 Å². The van der Waals surface area contributed by atoms with Gasteiger partial charge in [-0.2, -0.15) is 0 Å². The molecule has 1 saturated heterocycles. The van der Waals surface area contributed by atoms with Gasteiger partial charge in [0.05, 0.1) is 12.6 Å². The minimum Gasteiger partial charge on any atom is -0.368 e. The fourth-order valence-electron chi connectivity index (χ4n) is 2.52. The molecule has 6 heteroatoms. The van der Waals surface area contributed by atoms with Crippen LogP contribution in [0.1, 0.15) is 24.1 Å². The second kappa shape index (κ2) is 7.40. The van der Waals surface area contributed by atoms with Crippen LogP contribution in [0.4, 0.5) is 0 Å². The van der Waals surface area contributed by atoms with Crippen molar-refractivity contribution < 1.29 is 9.59 Å². The molecule has 0 aromatic carbocycles. The zero-order valence-electron chi connectivity index (χ0n) is 11.5.